The zero-order chi connectivity index (χ0) is 29.3. The Bertz CT molecular complexity index is 1160. The molecule has 1 heterocycles. The predicted octanol–water partition coefficient (Wildman–Crippen LogP) is 4.77. The Balaban J connectivity index is 2.00. The second kappa shape index (κ2) is 11.0. The average molecular weight is 564 g/mol. The summed E-state index contributed by atoms with van der Waals surface area (Å²) < 4.78 is 94.3. The Hall–Kier alpha value is -3.35. The van der Waals surface area contributed by atoms with Gasteiger partial charge in [-0.3, -0.25) is 4.79 Å². The number of amides is 3. The second-order valence-corrected chi connectivity index (χ2v) is 9.92. The molecule has 0 spiro atoms. The van der Waals surface area contributed by atoms with E-state index >= 15 is 0 Å². The number of carbonyl (C=O) groups excluding carboxylic acids is 2. The lowest BCUT2D eigenvalue weighted by Gasteiger charge is -2.36. The van der Waals surface area contributed by atoms with Crippen molar-refractivity contribution in [1.82, 2.24) is 15.1 Å². The van der Waals surface area contributed by atoms with E-state index < -0.39 is 64.2 Å². The van der Waals surface area contributed by atoms with Crippen LogP contribution >= 0.6 is 0 Å². The normalized spacial score (nSPS) is 18.3. The average Bonchev–Trinajstić information content (AvgIpc) is 3.31. The summed E-state index contributed by atoms with van der Waals surface area (Å²) in [5.74, 6) is -1.83. The van der Waals surface area contributed by atoms with Gasteiger partial charge in [0, 0.05) is 32.6 Å². The van der Waals surface area contributed by atoms with Crippen LogP contribution in [0, 0.1) is 5.82 Å². The van der Waals surface area contributed by atoms with Crippen molar-refractivity contribution in [3.8, 4) is 0 Å². The van der Waals surface area contributed by atoms with Crippen molar-refractivity contribution in [2.75, 3.05) is 33.3 Å². The van der Waals surface area contributed by atoms with Crippen LogP contribution in [-0.4, -0.2) is 66.2 Å². The molecule has 1 fully saturated rings. The largest absolute Gasteiger partial charge is 0.416 e. The van der Waals surface area contributed by atoms with E-state index in [2.05, 4.69) is 5.32 Å². The zero-order valence-corrected chi connectivity index (χ0v) is 21.3. The Morgan fingerprint density at radius 1 is 0.949 bits per heavy atom. The van der Waals surface area contributed by atoms with Gasteiger partial charge in [0.1, 0.15) is 5.82 Å². The monoisotopic (exact) mass is 563 g/mol. The molecule has 2 aromatic rings. The van der Waals surface area contributed by atoms with Gasteiger partial charge in [0.05, 0.1) is 29.2 Å². The lowest BCUT2D eigenvalue weighted by atomic mass is 9.80. The molecule has 13 heteroatoms. The number of aliphatic hydroxyl groups is 1. The van der Waals surface area contributed by atoms with Crippen LogP contribution in [0.5, 0.6) is 0 Å². The number of aliphatic hydroxyl groups excluding tert-OH is 1. The molecule has 0 radical (unpaired) electrons. The van der Waals surface area contributed by atoms with Gasteiger partial charge >= 0.3 is 18.4 Å². The number of nitrogens with one attached hydrogen (secondary N) is 1. The van der Waals surface area contributed by atoms with E-state index in [1.807, 2.05) is 0 Å². The fourth-order valence-corrected chi connectivity index (χ4v) is 4.69. The van der Waals surface area contributed by atoms with Gasteiger partial charge in [-0.25, -0.2) is 9.18 Å². The molecule has 0 saturated carbocycles. The van der Waals surface area contributed by atoms with Gasteiger partial charge in [-0.2, -0.15) is 26.3 Å². The second-order valence-electron chi connectivity index (χ2n) is 9.92. The molecule has 0 aromatic heterocycles. The van der Waals surface area contributed by atoms with Crippen LogP contribution in [0.3, 0.4) is 0 Å². The molecule has 1 unspecified atom stereocenters. The molecule has 1 saturated heterocycles. The molecule has 0 bridgehead atoms. The number of likely N-dealkylation sites (N-methyl/N-ethyl adjacent to an activating group) is 1. The number of rotatable bonds is 6. The summed E-state index contributed by atoms with van der Waals surface area (Å²) in [6, 6.07) is 5.15. The maximum absolute atomic E-state index is 13.7. The first-order chi connectivity index (χ1) is 18.0. The van der Waals surface area contributed by atoms with Crippen LogP contribution in [0.1, 0.15) is 42.0 Å². The van der Waals surface area contributed by atoms with Crippen LogP contribution in [0.4, 0.5) is 35.5 Å². The quantitative estimate of drug-likeness (QED) is 0.498. The Kier molecular flexibility index (Phi) is 8.54. The molecule has 214 valence electrons. The summed E-state index contributed by atoms with van der Waals surface area (Å²) in [7, 11) is 1.36. The lowest BCUT2D eigenvalue weighted by molar-refractivity contribution is -0.144. The summed E-state index contributed by atoms with van der Waals surface area (Å²) in [6.07, 6.45) is -10.2. The summed E-state index contributed by atoms with van der Waals surface area (Å²) in [5, 5.41) is 11.5. The van der Waals surface area contributed by atoms with Crippen molar-refractivity contribution in [3.05, 3.63) is 70.5 Å². The molecular weight excluding hydrogens is 535 g/mol. The van der Waals surface area contributed by atoms with Crippen molar-refractivity contribution in [3.63, 3.8) is 0 Å². The zero-order valence-electron chi connectivity index (χ0n) is 21.3. The number of hydrogen-bond acceptors (Lipinski definition) is 3. The first-order valence-electron chi connectivity index (χ1n) is 11.9. The fourth-order valence-electron chi connectivity index (χ4n) is 4.69. The van der Waals surface area contributed by atoms with E-state index in [-0.39, 0.29) is 32.3 Å². The molecule has 6 nitrogen and oxygen atoms in total. The van der Waals surface area contributed by atoms with Crippen LogP contribution < -0.4 is 5.32 Å². The van der Waals surface area contributed by atoms with E-state index in [9.17, 15) is 40.3 Å². The SMILES string of the molecule is CN(C(=O)C(C)(C)c1cc(C(F)(F)F)cc(C(F)(F)F)c1)[C@@H]1CN(C(=O)NCCO)CC1c1ccc(F)cc1. The van der Waals surface area contributed by atoms with Crippen LogP contribution in [0.2, 0.25) is 0 Å². The molecule has 2 aromatic carbocycles. The number of urea groups is 1. The number of nitrogens with zero attached hydrogens (tertiary/aromatic N) is 2. The van der Waals surface area contributed by atoms with Crippen LogP contribution in [0.25, 0.3) is 0 Å². The van der Waals surface area contributed by atoms with Crippen molar-refractivity contribution >= 4 is 11.9 Å². The summed E-state index contributed by atoms with van der Waals surface area (Å²) >= 11 is 0. The number of likely N-dealkylation sites (tertiary alicyclic amines) is 1. The number of alkyl halides is 6. The molecule has 3 rings (SSSR count). The summed E-state index contributed by atoms with van der Waals surface area (Å²) in [4.78, 5) is 28.9. The predicted molar refractivity (Wildman–Crippen MR) is 127 cm³/mol. The maximum Gasteiger partial charge on any atom is 0.416 e. The van der Waals surface area contributed by atoms with Crippen molar-refractivity contribution in [2.45, 2.75) is 43.6 Å². The molecule has 3 amide bonds. The fraction of sp³-hybridized carbons (Fsp3) is 0.462. The van der Waals surface area contributed by atoms with Gasteiger partial charge in [0.2, 0.25) is 5.91 Å². The number of benzene rings is 2. The highest BCUT2D eigenvalue weighted by atomic mass is 19.4. The molecule has 2 N–H and O–H groups in total. The minimum atomic E-state index is -5.08. The number of hydrogen-bond donors (Lipinski definition) is 2. The Morgan fingerprint density at radius 3 is 1.95 bits per heavy atom. The van der Waals surface area contributed by atoms with Crippen molar-refractivity contribution in [1.29, 1.82) is 0 Å². The van der Waals surface area contributed by atoms with Crippen LogP contribution in [-0.2, 0) is 22.6 Å². The first-order valence-corrected chi connectivity index (χ1v) is 11.9. The van der Waals surface area contributed by atoms with E-state index in [1.54, 1.807) is 0 Å². The van der Waals surface area contributed by atoms with E-state index in [4.69, 9.17) is 5.11 Å². The highest BCUT2D eigenvalue weighted by Crippen LogP contribution is 2.40. The van der Waals surface area contributed by atoms with E-state index in [1.165, 1.54) is 55.0 Å². The van der Waals surface area contributed by atoms with E-state index in [0.29, 0.717) is 17.7 Å². The van der Waals surface area contributed by atoms with Crippen LogP contribution in [0.15, 0.2) is 42.5 Å². The lowest BCUT2D eigenvalue weighted by Crippen LogP contribution is -2.49. The third-order valence-electron chi connectivity index (χ3n) is 6.92. The summed E-state index contributed by atoms with van der Waals surface area (Å²) in [6.45, 7) is 2.19. The molecule has 2 atom stereocenters. The van der Waals surface area contributed by atoms with E-state index in [0.717, 1.165) is 0 Å². The maximum atomic E-state index is 13.7. The standard InChI is InChI=1S/C26H28F7N3O3/c1-24(2,16-10-17(25(28,29)30)12-18(11-16)26(31,32)33)22(38)35(3)21-14-36(23(39)34-8-9-37)13-20(21)15-4-6-19(27)7-5-15/h4-7,10-12,20-21,37H,8-9,13-14H2,1-3H3,(H,34,39)/t20?,21-/m1/s1. The first kappa shape index (κ1) is 30.2. The highest BCUT2D eigenvalue weighted by Gasteiger charge is 2.45. The molecule has 39 heavy (non-hydrogen) atoms. The van der Waals surface area contributed by atoms with Crippen molar-refractivity contribution in [2.24, 2.45) is 0 Å². The third-order valence-corrected chi connectivity index (χ3v) is 6.92. The number of carbonyl (C=O) groups is 2. The van der Waals surface area contributed by atoms with Gasteiger partial charge in [0.15, 0.2) is 0 Å². The number of halogens is 7. The Labute approximate surface area is 220 Å². The van der Waals surface area contributed by atoms with Gasteiger partial charge in [-0.1, -0.05) is 12.1 Å². The van der Waals surface area contributed by atoms with Gasteiger partial charge in [-0.15, -0.1) is 0 Å². The third kappa shape index (κ3) is 6.63. The smallest absolute Gasteiger partial charge is 0.395 e. The molecular formula is C26H28F7N3O3. The highest BCUT2D eigenvalue weighted by molar-refractivity contribution is 5.88. The Morgan fingerprint density at radius 2 is 1.46 bits per heavy atom. The van der Waals surface area contributed by atoms with Gasteiger partial charge in [-0.05, 0) is 55.3 Å². The minimum absolute atomic E-state index is 0.00181. The van der Waals surface area contributed by atoms with Gasteiger partial charge in [0.25, 0.3) is 0 Å². The molecule has 1 aliphatic rings. The van der Waals surface area contributed by atoms with Crippen molar-refractivity contribution < 1.29 is 45.4 Å². The topological polar surface area (TPSA) is 72.9 Å². The molecule has 1 aliphatic heterocycles. The summed E-state index contributed by atoms with van der Waals surface area (Å²) in [5.41, 5.74) is -4.79. The minimum Gasteiger partial charge on any atom is -0.395 e. The van der Waals surface area contributed by atoms with Gasteiger partial charge < -0.3 is 20.2 Å². The molecule has 0 aliphatic carbocycles.